The van der Waals surface area contributed by atoms with E-state index in [2.05, 4.69) is 5.32 Å². The molecular formula is C16H23NO3. The van der Waals surface area contributed by atoms with E-state index in [1.165, 1.54) is 0 Å². The summed E-state index contributed by atoms with van der Waals surface area (Å²) in [5.41, 5.74) is 1.08. The second-order valence-corrected chi connectivity index (χ2v) is 5.31. The number of amides is 1. The summed E-state index contributed by atoms with van der Waals surface area (Å²) in [5.74, 6) is -0.00266. The third-order valence-electron chi connectivity index (χ3n) is 3.88. The number of benzene rings is 1. The van der Waals surface area contributed by atoms with E-state index >= 15 is 0 Å². The van der Waals surface area contributed by atoms with Crippen molar-refractivity contribution in [2.75, 3.05) is 13.2 Å². The number of carbonyl (C=O) groups excluding carboxylic acids is 1. The van der Waals surface area contributed by atoms with Gasteiger partial charge < -0.3 is 15.2 Å². The summed E-state index contributed by atoms with van der Waals surface area (Å²) in [6, 6.07) is 9.88. The Morgan fingerprint density at radius 1 is 1.45 bits per heavy atom. The second kappa shape index (κ2) is 7.41. The first kappa shape index (κ1) is 15.0. The smallest absolute Gasteiger partial charge is 0.226 e. The standard InChI is InChI=1S/C16H23NO3/c1-12-14(9-11-20-12)16(19)17-15(8-5-10-18)13-6-3-2-4-7-13/h2-4,6-7,12,14-15,18H,5,8-11H2,1H3,(H,17,19). The van der Waals surface area contributed by atoms with Crippen LogP contribution in [0.3, 0.4) is 0 Å². The van der Waals surface area contributed by atoms with Gasteiger partial charge in [0.1, 0.15) is 0 Å². The van der Waals surface area contributed by atoms with Gasteiger partial charge in [0.05, 0.1) is 18.1 Å². The SMILES string of the molecule is CC1OCCC1C(=O)NC(CCCO)c1ccccc1. The Bertz CT molecular complexity index is 421. The molecule has 4 heteroatoms. The topological polar surface area (TPSA) is 58.6 Å². The molecule has 4 nitrogen and oxygen atoms in total. The minimum Gasteiger partial charge on any atom is -0.396 e. The van der Waals surface area contributed by atoms with E-state index in [-0.39, 0.29) is 30.6 Å². The zero-order valence-corrected chi connectivity index (χ0v) is 11.9. The van der Waals surface area contributed by atoms with Crippen molar-refractivity contribution in [3.63, 3.8) is 0 Å². The molecule has 3 unspecified atom stereocenters. The van der Waals surface area contributed by atoms with Crippen LogP contribution in [0.15, 0.2) is 30.3 Å². The molecular weight excluding hydrogens is 254 g/mol. The van der Waals surface area contributed by atoms with Crippen LogP contribution >= 0.6 is 0 Å². The molecule has 1 amide bonds. The molecule has 1 fully saturated rings. The molecule has 0 radical (unpaired) electrons. The van der Waals surface area contributed by atoms with Crippen molar-refractivity contribution in [1.82, 2.24) is 5.32 Å². The molecule has 2 N–H and O–H groups in total. The van der Waals surface area contributed by atoms with E-state index in [0.29, 0.717) is 13.0 Å². The summed E-state index contributed by atoms with van der Waals surface area (Å²) in [4.78, 5) is 12.3. The van der Waals surface area contributed by atoms with Crippen molar-refractivity contribution in [3.8, 4) is 0 Å². The van der Waals surface area contributed by atoms with Gasteiger partial charge >= 0.3 is 0 Å². The van der Waals surface area contributed by atoms with Crippen LogP contribution in [-0.4, -0.2) is 30.3 Å². The highest BCUT2D eigenvalue weighted by Crippen LogP contribution is 2.24. The third-order valence-corrected chi connectivity index (χ3v) is 3.88. The van der Waals surface area contributed by atoms with Crippen molar-refractivity contribution < 1.29 is 14.6 Å². The van der Waals surface area contributed by atoms with Gasteiger partial charge in [-0.3, -0.25) is 4.79 Å². The van der Waals surface area contributed by atoms with Crippen LogP contribution in [0.25, 0.3) is 0 Å². The summed E-state index contributed by atoms with van der Waals surface area (Å²) >= 11 is 0. The molecule has 0 bridgehead atoms. The van der Waals surface area contributed by atoms with Gasteiger partial charge in [0.2, 0.25) is 5.91 Å². The Kier molecular flexibility index (Phi) is 5.56. The Balaban J connectivity index is 2.02. The molecule has 1 aromatic carbocycles. The van der Waals surface area contributed by atoms with Crippen molar-refractivity contribution >= 4 is 5.91 Å². The van der Waals surface area contributed by atoms with E-state index in [1.54, 1.807) is 0 Å². The molecule has 3 atom stereocenters. The fraction of sp³-hybridized carbons (Fsp3) is 0.562. The van der Waals surface area contributed by atoms with Gasteiger partial charge in [-0.25, -0.2) is 0 Å². The predicted molar refractivity (Wildman–Crippen MR) is 77.2 cm³/mol. The molecule has 20 heavy (non-hydrogen) atoms. The van der Waals surface area contributed by atoms with Crippen LogP contribution in [0, 0.1) is 5.92 Å². The molecule has 110 valence electrons. The molecule has 0 aromatic heterocycles. The highest BCUT2D eigenvalue weighted by atomic mass is 16.5. The average molecular weight is 277 g/mol. The number of aliphatic hydroxyl groups is 1. The summed E-state index contributed by atoms with van der Waals surface area (Å²) in [6.45, 7) is 2.75. The number of carbonyl (C=O) groups is 1. The lowest BCUT2D eigenvalue weighted by Crippen LogP contribution is -2.36. The Labute approximate surface area is 120 Å². The summed E-state index contributed by atoms with van der Waals surface area (Å²) < 4.78 is 5.45. The normalized spacial score (nSPS) is 23.5. The van der Waals surface area contributed by atoms with Crippen LogP contribution in [0.4, 0.5) is 0 Å². The average Bonchev–Trinajstić information content (AvgIpc) is 2.90. The van der Waals surface area contributed by atoms with Crippen LogP contribution in [0.2, 0.25) is 0 Å². The lowest BCUT2D eigenvalue weighted by molar-refractivity contribution is -0.127. The van der Waals surface area contributed by atoms with Gasteiger partial charge in [0.25, 0.3) is 0 Å². The van der Waals surface area contributed by atoms with E-state index in [1.807, 2.05) is 37.3 Å². The number of hydrogen-bond acceptors (Lipinski definition) is 3. The molecule has 1 heterocycles. The predicted octanol–water partition coefficient (Wildman–Crippen LogP) is 2.04. The highest BCUT2D eigenvalue weighted by Gasteiger charge is 2.31. The van der Waals surface area contributed by atoms with E-state index in [0.717, 1.165) is 18.4 Å². The number of nitrogens with one attached hydrogen (secondary N) is 1. The third kappa shape index (κ3) is 3.81. The van der Waals surface area contributed by atoms with Gasteiger partial charge in [-0.15, -0.1) is 0 Å². The van der Waals surface area contributed by atoms with Gasteiger partial charge in [-0.05, 0) is 31.7 Å². The van der Waals surface area contributed by atoms with Crippen LogP contribution < -0.4 is 5.32 Å². The molecule has 1 aliphatic heterocycles. The van der Waals surface area contributed by atoms with Crippen molar-refractivity contribution in [3.05, 3.63) is 35.9 Å². The second-order valence-electron chi connectivity index (χ2n) is 5.31. The summed E-state index contributed by atoms with van der Waals surface area (Å²) in [7, 11) is 0. The number of ether oxygens (including phenoxy) is 1. The lowest BCUT2D eigenvalue weighted by Gasteiger charge is -2.22. The molecule has 1 saturated heterocycles. The zero-order valence-electron chi connectivity index (χ0n) is 11.9. The minimum atomic E-state index is -0.0599. The molecule has 0 aliphatic carbocycles. The van der Waals surface area contributed by atoms with Crippen LogP contribution in [-0.2, 0) is 9.53 Å². The van der Waals surface area contributed by atoms with E-state index in [4.69, 9.17) is 9.84 Å². The van der Waals surface area contributed by atoms with E-state index in [9.17, 15) is 4.79 Å². The number of hydrogen-bond donors (Lipinski definition) is 2. The zero-order chi connectivity index (χ0) is 14.4. The fourth-order valence-electron chi connectivity index (χ4n) is 2.66. The number of aliphatic hydroxyl groups excluding tert-OH is 1. The maximum absolute atomic E-state index is 12.3. The Morgan fingerprint density at radius 3 is 2.80 bits per heavy atom. The maximum Gasteiger partial charge on any atom is 0.226 e. The molecule has 0 saturated carbocycles. The van der Waals surface area contributed by atoms with Gasteiger partial charge in [-0.2, -0.15) is 0 Å². The monoisotopic (exact) mass is 277 g/mol. The van der Waals surface area contributed by atoms with Crippen molar-refractivity contribution in [2.45, 2.75) is 38.3 Å². The van der Waals surface area contributed by atoms with Crippen LogP contribution in [0.1, 0.15) is 37.8 Å². The van der Waals surface area contributed by atoms with Gasteiger partial charge in [0, 0.05) is 13.2 Å². The largest absolute Gasteiger partial charge is 0.396 e. The maximum atomic E-state index is 12.3. The fourth-order valence-corrected chi connectivity index (χ4v) is 2.66. The quantitative estimate of drug-likeness (QED) is 0.836. The Morgan fingerprint density at radius 2 is 2.20 bits per heavy atom. The summed E-state index contributed by atoms with van der Waals surface area (Å²) in [6.07, 6.45) is 2.20. The highest BCUT2D eigenvalue weighted by molar-refractivity contribution is 5.80. The molecule has 1 aromatic rings. The van der Waals surface area contributed by atoms with E-state index < -0.39 is 0 Å². The molecule has 2 rings (SSSR count). The first-order valence-corrected chi connectivity index (χ1v) is 7.30. The minimum absolute atomic E-state index is 0.00994. The first-order chi connectivity index (χ1) is 9.72. The molecule has 1 aliphatic rings. The van der Waals surface area contributed by atoms with Gasteiger partial charge in [0.15, 0.2) is 0 Å². The summed E-state index contributed by atoms with van der Waals surface area (Å²) in [5, 5.41) is 12.1. The Hall–Kier alpha value is -1.39. The lowest BCUT2D eigenvalue weighted by atomic mass is 9.98. The number of rotatable bonds is 6. The van der Waals surface area contributed by atoms with Gasteiger partial charge in [-0.1, -0.05) is 30.3 Å². The van der Waals surface area contributed by atoms with Crippen molar-refractivity contribution in [1.29, 1.82) is 0 Å². The van der Waals surface area contributed by atoms with Crippen LogP contribution in [0.5, 0.6) is 0 Å². The van der Waals surface area contributed by atoms with Crippen molar-refractivity contribution in [2.24, 2.45) is 5.92 Å². The molecule has 0 spiro atoms. The first-order valence-electron chi connectivity index (χ1n) is 7.30.